The van der Waals surface area contributed by atoms with Gasteiger partial charge in [-0.15, -0.1) is 0 Å². The Hall–Kier alpha value is -1.64. The van der Waals surface area contributed by atoms with E-state index in [1.807, 2.05) is 0 Å². The van der Waals surface area contributed by atoms with E-state index in [1.165, 1.54) is 0 Å². The summed E-state index contributed by atoms with van der Waals surface area (Å²) in [6, 6.07) is 5.96. The van der Waals surface area contributed by atoms with Crippen LogP contribution in [-0.4, -0.2) is 16.0 Å². The van der Waals surface area contributed by atoms with Crippen molar-refractivity contribution < 1.29 is 0 Å². The molecule has 0 spiro atoms. The van der Waals surface area contributed by atoms with Crippen molar-refractivity contribution in [2.24, 2.45) is 11.7 Å². The lowest BCUT2D eigenvalue weighted by Crippen LogP contribution is -2.23. The normalized spacial score (nSPS) is 21.6. The van der Waals surface area contributed by atoms with Crippen molar-refractivity contribution >= 4 is 34.5 Å². The minimum atomic E-state index is 0.0589. The highest BCUT2D eigenvalue weighted by molar-refractivity contribution is 7.80. The molecule has 0 aliphatic heterocycles. The van der Waals surface area contributed by atoms with Gasteiger partial charge in [0.1, 0.15) is 21.8 Å². The number of nitrogens with two attached hydrogens (primary N) is 1. The van der Waals surface area contributed by atoms with Gasteiger partial charge in [0.15, 0.2) is 0 Å². The number of hydrogen-bond acceptors (Lipinski definition) is 4. The number of halogens is 1. The maximum absolute atomic E-state index is 9.30. The van der Waals surface area contributed by atoms with Crippen molar-refractivity contribution in [1.82, 2.24) is 10.3 Å². The van der Waals surface area contributed by atoms with Gasteiger partial charge in [-0.2, -0.15) is 5.26 Å². The van der Waals surface area contributed by atoms with Crippen molar-refractivity contribution in [2.45, 2.75) is 25.8 Å². The Balaban J connectivity index is 2.43. The standard InChI is InChI=1S/C14H15ClN4S/c1-2-8-6-11(8)19-12(10(7-16)14(17)20)9-4-3-5-18-13(9)15/h3-5,8,11,19H,2,6H2,1H3,(H2,17,20)/b12-10-. The van der Waals surface area contributed by atoms with Gasteiger partial charge in [0.05, 0.1) is 5.70 Å². The molecule has 1 aliphatic rings. The van der Waals surface area contributed by atoms with E-state index in [0.29, 0.717) is 28.4 Å². The van der Waals surface area contributed by atoms with E-state index in [9.17, 15) is 5.26 Å². The Morgan fingerprint density at radius 2 is 2.45 bits per heavy atom. The molecule has 2 rings (SSSR count). The van der Waals surface area contributed by atoms with Gasteiger partial charge < -0.3 is 11.1 Å². The Morgan fingerprint density at radius 3 is 2.95 bits per heavy atom. The molecule has 0 bridgehead atoms. The van der Waals surface area contributed by atoms with Crippen LogP contribution in [0, 0.1) is 17.2 Å². The summed E-state index contributed by atoms with van der Waals surface area (Å²) in [5.74, 6) is 0.617. The first-order valence-electron chi connectivity index (χ1n) is 6.40. The van der Waals surface area contributed by atoms with Gasteiger partial charge in [0.25, 0.3) is 0 Å². The van der Waals surface area contributed by atoms with Crippen molar-refractivity contribution in [2.75, 3.05) is 0 Å². The molecule has 20 heavy (non-hydrogen) atoms. The Kier molecular flexibility index (Phi) is 4.58. The molecule has 1 heterocycles. The smallest absolute Gasteiger partial charge is 0.138 e. The van der Waals surface area contributed by atoms with E-state index < -0.39 is 0 Å². The number of rotatable bonds is 5. The third kappa shape index (κ3) is 3.09. The predicted molar refractivity (Wildman–Crippen MR) is 83.9 cm³/mol. The van der Waals surface area contributed by atoms with E-state index in [2.05, 4.69) is 23.3 Å². The van der Waals surface area contributed by atoms with Crippen LogP contribution in [0.4, 0.5) is 0 Å². The SMILES string of the molecule is CCC1CC1N/C(=C(/C#N)C(N)=S)c1cccnc1Cl. The third-order valence-electron chi connectivity index (χ3n) is 3.41. The highest BCUT2D eigenvalue weighted by Gasteiger charge is 2.36. The molecule has 4 nitrogen and oxygen atoms in total. The van der Waals surface area contributed by atoms with Crippen LogP contribution in [0.1, 0.15) is 25.3 Å². The highest BCUT2D eigenvalue weighted by Crippen LogP contribution is 2.36. The lowest BCUT2D eigenvalue weighted by atomic mass is 10.1. The zero-order chi connectivity index (χ0) is 14.7. The number of pyridine rings is 1. The Bertz CT molecular complexity index is 605. The van der Waals surface area contributed by atoms with Crippen LogP contribution in [-0.2, 0) is 0 Å². The summed E-state index contributed by atoms with van der Waals surface area (Å²) in [6.45, 7) is 2.14. The number of nitrogens with one attached hydrogen (secondary N) is 1. The van der Waals surface area contributed by atoms with Gasteiger partial charge in [-0.05, 0) is 24.5 Å². The van der Waals surface area contributed by atoms with Crippen LogP contribution < -0.4 is 11.1 Å². The van der Waals surface area contributed by atoms with E-state index in [1.54, 1.807) is 18.3 Å². The molecule has 1 aromatic heterocycles. The van der Waals surface area contributed by atoms with Gasteiger partial charge in [-0.1, -0.05) is 37.2 Å². The number of thiocarbonyl (C=S) groups is 1. The molecule has 0 aromatic carbocycles. The van der Waals surface area contributed by atoms with Crippen LogP contribution >= 0.6 is 23.8 Å². The fourth-order valence-electron chi connectivity index (χ4n) is 2.15. The molecule has 6 heteroatoms. The molecule has 2 unspecified atom stereocenters. The second kappa shape index (κ2) is 6.21. The van der Waals surface area contributed by atoms with E-state index >= 15 is 0 Å². The lowest BCUT2D eigenvalue weighted by Gasteiger charge is -2.14. The van der Waals surface area contributed by atoms with Gasteiger partial charge in [-0.3, -0.25) is 0 Å². The molecule has 1 aliphatic carbocycles. The van der Waals surface area contributed by atoms with Crippen molar-refractivity contribution in [3.05, 3.63) is 34.6 Å². The first kappa shape index (κ1) is 14.8. The summed E-state index contributed by atoms with van der Waals surface area (Å²) in [4.78, 5) is 4.10. The maximum atomic E-state index is 9.30. The lowest BCUT2D eigenvalue weighted by molar-refractivity contribution is 0.715. The quantitative estimate of drug-likeness (QED) is 0.378. The van der Waals surface area contributed by atoms with Crippen LogP contribution in [0.5, 0.6) is 0 Å². The number of hydrogen-bond donors (Lipinski definition) is 2. The summed E-state index contributed by atoms with van der Waals surface area (Å²) in [5, 5.41) is 13.0. The monoisotopic (exact) mass is 306 g/mol. The van der Waals surface area contributed by atoms with Crippen molar-refractivity contribution in [3.8, 4) is 6.07 Å². The molecule has 3 N–H and O–H groups in total. The Labute approximate surface area is 128 Å². The second-order valence-corrected chi connectivity index (χ2v) is 5.52. The summed E-state index contributed by atoms with van der Waals surface area (Å²) in [5.41, 5.74) is 7.13. The van der Waals surface area contributed by atoms with E-state index in [0.717, 1.165) is 12.8 Å². The summed E-state index contributed by atoms with van der Waals surface area (Å²) in [6.07, 6.45) is 3.77. The first-order chi connectivity index (χ1) is 9.58. The second-order valence-electron chi connectivity index (χ2n) is 4.72. The number of nitrogens with zero attached hydrogens (tertiary/aromatic N) is 2. The van der Waals surface area contributed by atoms with Crippen molar-refractivity contribution in [1.29, 1.82) is 5.26 Å². The molecule has 104 valence electrons. The molecule has 2 atom stereocenters. The Morgan fingerprint density at radius 1 is 1.70 bits per heavy atom. The van der Waals surface area contributed by atoms with E-state index in [4.69, 9.17) is 29.6 Å². The average molecular weight is 307 g/mol. The fourth-order valence-corrected chi connectivity index (χ4v) is 2.51. The van der Waals surface area contributed by atoms with Crippen LogP contribution in [0.25, 0.3) is 5.70 Å². The van der Waals surface area contributed by atoms with Crippen LogP contribution in [0.3, 0.4) is 0 Å². The maximum Gasteiger partial charge on any atom is 0.138 e. The van der Waals surface area contributed by atoms with Gasteiger partial charge in [0.2, 0.25) is 0 Å². The van der Waals surface area contributed by atoms with Gasteiger partial charge >= 0.3 is 0 Å². The molecular formula is C14H15ClN4S. The summed E-state index contributed by atoms with van der Waals surface area (Å²) < 4.78 is 0. The minimum absolute atomic E-state index is 0.0589. The molecule has 1 aromatic rings. The minimum Gasteiger partial charge on any atom is -0.389 e. The summed E-state index contributed by atoms with van der Waals surface area (Å²) in [7, 11) is 0. The summed E-state index contributed by atoms with van der Waals surface area (Å²) >= 11 is 11.1. The van der Waals surface area contributed by atoms with Gasteiger partial charge in [0, 0.05) is 17.8 Å². The molecule has 1 saturated carbocycles. The molecular weight excluding hydrogens is 292 g/mol. The third-order valence-corrected chi connectivity index (χ3v) is 3.92. The predicted octanol–water partition coefficient (Wildman–Crippen LogP) is 2.64. The number of nitriles is 1. The average Bonchev–Trinajstić information content (AvgIpc) is 3.17. The molecule has 0 saturated heterocycles. The number of aromatic nitrogens is 1. The topological polar surface area (TPSA) is 74.7 Å². The molecule has 0 amide bonds. The zero-order valence-electron chi connectivity index (χ0n) is 11.1. The molecule has 0 radical (unpaired) electrons. The zero-order valence-corrected chi connectivity index (χ0v) is 12.6. The largest absolute Gasteiger partial charge is 0.389 e. The fraction of sp³-hybridized carbons (Fsp3) is 0.357. The first-order valence-corrected chi connectivity index (χ1v) is 7.18. The van der Waals surface area contributed by atoms with Crippen molar-refractivity contribution in [3.63, 3.8) is 0 Å². The van der Waals surface area contributed by atoms with Crippen LogP contribution in [0.2, 0.25) is 5.15 Å². The van der Waals surface area contributed by atoms with E-state index in [-0.39, 0.29) is 10.6 Å². The van der Waals surface area contributed by atoms with Gasteiger partial charge in [-0.25, -0.2) is 4.98 Å². The molecule has 1 fully saturated rings. The van der Waals surface area contributed by atoms with Crippen LogP contribution in [0.15, 0.2) is 23.9 Å². The highest BCUT2D eigenvalue weighted by atomic mass is 35.5.